The Labute approximate surface area is 86.8 Å². The zero-order valence-electron chi connectivity index (χ0n) is 9.38. The van der Waals surface area contributed by atoms with Crippen LogP contribution in [0.5, 0.6) is 0 Å². The van der Waals surface area contributed by atoms with Crippen LogP contribution in [-0.2, 0) is 6.42 Å². The second-order valence-electron chi connectivity index (χ2n) is 4.08. The fourth-order valence-corrected chi connectivity index (χ4v) is 1.27. The van der Waals surface area contributed by atoms with E-state index in [9.17, 15) is 0 Å². The van der Waals surface area contributed by atoms with Gasteiger partial charge in [-0.15, -0.1) is 0 Å². The molecule has 0 fully saturated rings. The van der Waals surface area contributed by atoms with Crippen molar-refractivity contribution in [3.8, 4) is 0 Å². The van der Waals surface area contributed by atoms with Gasteiger partial charge in [-0.05, 0) is 24.0 Å². The largest absolute Gasteiger partial charge is 0.370 e. The molecule has 0 aliphatic rings. The Morgan fingerprint density at radius 1 is 1.36 bits per heavy atom. The molecule has 2 nitrogen and oxygen atoms in total. The normalized spacial score (nSPS) is 10.6. The summed E-state index contributed by atoms with van der Waals surface area (Å²) in [7, 11) is 0. The van der Waals surface area contributed by atoms with Gasteiger partial charge in [0.15, 0.2) is 0 Å². The molecule has 0 radical (unpaired) electrons. The van der Waals surface area contributed by atoms with Gasteiger partial charge < -0.3 is 5.32 Å². The minimum absolute atomic E-state index is 0.659. The SMILES string of the molecule is CCCc1ccc(NCC(C)C)nc1. The quantitative estimate of drug-likeness (QED) is 0.775. The number of rotatable bonds is 5. The minimum Gasteiger partial charge on any atom is -0.370 e. The topological polar surface area (TPSA) is 24.9 Å². The average molecular weight is 192 g/mol. The Bertz CT molecular complexity index is 252. The summed E-state index contributed by atoms with van der Waals surface area (Å²) in [6.07, 6.45) is 4.27. The average Bonchev–Trinajstić information content (AvgIpc) is 2.17. The van der Waals surface area contributed by atoms with Gasteiger partial charge in [0, 0.05) is 12.7 Å². The second-order valence-corrected chi connectivity index (χ2v) is 4.08. The number of pyridine rings is 1. The zero-order valence-corrected chi connectivity index (χ0v) is 9.38. The fourth-order valence-electron chi connectivity index (χ4n) is 1.27. The van der Waals surface area contributed by atoms with Gasteiger partial charge >= 0.3 is 0 Å². The summed E-state index contributed by atoms with van der Waals surface area (Å²) >= 11 is 0. The van der Waals surface area contributed by atoms with Crippen LogP contribution in [0.25, 0.3) is 0 Å². The predicted octanol–water partition coefficient (Wildman–Crippen LogP) is 3.10. The molecule has 1 rings (SSSR count). The molecule has 0 saturated carbocycles. The summed E-state index contributed by atoms with van der Waals surface area (Å²) in [6, 6.07) is 4.21. The molecular weight excluding hydrogens is 172 g/mol. The second kappa shape index (κ2) is 5.63. The van der Waals surface area contributed by atoms with Crippen LogP contribution in [-0.4, -0.2) is 11.5 Å². The molecule has 78 valence electrons. The monoisotopic (exact) mass is 192 g/mol. The van der Waals surface area contributed by atoms with E-state index >= 15 is 0 Å². The molecule has 0 aliphatic heterocycles. The van der Waals surface area contributed by atoms with Crippen LogP contribution in [0.3, 0.4) is 0 Å². The van der Waals surface area contributed by atoms with E-state index in [4.69, 9.17) is 0 Å². The summed E-state index contributed by atoms with van der Waals surface area (Å²) in [5.74, 6) is 1.64. The van der Waals surface area contributed by atoms with Gasteiger partial charge in [-0.1, -0.05) is 33.3 Å². The fraction of sp³-hybridized carbons (Fsp3) is 0.583. The van der Waals surface area contributed by atoms with Crippen LogP contribution in [0.4, 0.5) is 5.82 Å². The van der Waals surface area contributed by atoms with Crippen molar-refractivity contribution >= 4 is 5.82 Å². The number of hydrogen-bond acceptors (Lipinski definition) is 2. The Kier molecular flexibility index (Phi) is 4.44. The standard InChI is InChI=1S/C12H20N2/c1-4-5-11-6-7-12(14-9-11)13-8-10(2)3/h6-7,9-10H,4-5,8H2,1-3H3,(H,13,14). The third kappa shape index (κ3) is 3.77. The van der Waals surface area contributed by atoms with Crippen molar-refractivity contribution in [3.63, 3.8) is 0 Å². The molecule has 0 unspecified atom stereocenters. The molecule has 1 N–H and O–H groups in total. The maximum Gasteiger partial charge on any atom is 0.125 e. The molecule has 0 aliphatic carbocycles. The van der Waals surface area contributed by atoms with Crippen LogP contribution in [0, 0.1) is 5.92 Å². The minimum atomic E-state index is 0.659. The maximum absolute atomic E-state index is 4.36. The highest BCUT2D eigenvalue weighted by molar-refractivity contribution is 5.35. The van der Waals surface area contributed by atoms with Crippen LogP contribution >= 0.6 is 0 Å². The molecule has 1 heterocycles. The van der Waals surface area contributed by atoms with Crippen molar-refractivity contribution in [1.82, 2.24) is 4.98 Å². The van der Waals surface area contributed by atoms with Crippen molar-refractivity contribution in [2.24, 2.45) is 5.92 Å². The molecule has 14 heavy (non-hydrogen) atoms. The van der Waals surface area contributed by atoms with E-state index in [0.717, 1.165) is 18.8 Å². The lowest BCUT2D eigenvalue weighted by atomic mass is 10.2. The lowest BCUT2D eigenvalue weighted by molar-refractivity contribution is 0.687. The summed E-state index contributed by atoms with van der Waals surface area (Å²) < 4.78 is 0. The first-order chi connectivity index (χ1) is 6.72. The molecular formula is C12H20N2. The highest BCUT2D eigenvalue weighted by atomic mass is 15.0. The van der Waals surface area contributed by atoms with Crippen LogP contribution in [0.2, 0.25) is 0 Å². The van der Waals surface area contributed by atoms with E-state index in [2.05, 4.69) is 43.2 Å². The molecule has 0 bridgehead atoms. The smallest absolute Gasteiger partial charge is 0.125 e. The molecule has 2 heteroatoms. The van der Waals surface area contributed by atoms with Crippen molar-refractivity contribution in [2.75, 3.05) is 11.9 Å². The van der Waals surface area contributed by atoms with E-state index < -0.39 is 0 Å². The van der Waals surface area contributed by atoms with E-state index in [-0.39, 0.29) is 0 Å². The first-order valence-electron chi connectivity index (χ1n) is 5.41. The number of nitrogens with one attached hydrogen (secondary N) is 1. The van der Waals surface area contributed by atoms with Gasteiger partial charge in [0.25, 0.3) is 0 Å². The van der Waals surface area contributed by atoms with Gasteiger partial charge in [0.2, 0.25) is 0 Å². The summed E-state index contributed by atoms with van der Waals surface area (Å²) in [5, 5.41) is 3.30. The third-order valence-corrected chi connectivity index (χ3v) is 2.05. The summed E-state index contributed by atoms with van der Waals surface area (Å²) in [6.45, 7) is 7.56. The van der Waals surface area contributed by atoms with Gasteiger partial charge in [-0.25, -0.2) is 4.98 Å². The van der Waals surface area contributed by atoms with Gasteiger partial charge in [0.1, 0.15) is 5.82 Å². The number of nitrogens with zero attached hydrogens (tertiary/aromatic N) is 1. The number of hydrogen-bond donors (Lipinski definition) is 1. The zero-order chi connectivity index (χ0) is 10.4. The van der Waals surface area contributed by atoms with Crippen molar-refractivity contribution < 1.29 is 0 Å². The number of anilines is 1. The molecule has 0 amide bonds. The first-order valence-corrected chi connectivity index (χ1v) is 5.41. The molecule has 1 aromatic rings. The Hall–Kier alpha value is -1.05. The molecule has 0 spiro atoms. The third-order valence-electron chi connectivity index (χ3n) is 2.05. The highest BCUT2D eigenvalue weighted by Gasteiger charge is 1.96. The first kappa shape index (κ1) is 11.0. The van der Waals surface area contributed by atoms with Gasteiger partial charge in [0.05, 0.1) is 0 Å². The van der Waals surface area contributed by atoms with Crippen molar-refractivity contribution in [1.29, 1.82) is 0 Å². The van der Waals surface area contributed by atoms with Crippen LogP contribution in [0.15, 0.2) is 18.3 Å². The van der Waals surface area contributed by atoms with Crippen LogP contribution in [0.1, 0.15) is 32.8 Å². The number of aryl methyl sites for hydroxylation is 1. The number of aromatic nitrogens is 1. The summed E-state index contributed by atoms with van der Waals surface area (Å²) in [5.41, 5.74) is 1.32. The highest BCUT2D eigenvalue weighted by Crippen LogP contribution is 2.07. The van der Waals surface area contributed by atoms with E-state index in [1.54, 1.807) is 0 Å². The lowest BCUT2D eigenvalue weighted by Crippen LogP contribution is -2.08. The van der Waals surface area contributed by atoms with Crippen molar-refractivity contribution in [2.45, 2.75) is 33.6 Å². The summed E-state index contributed by atoms with van der Waals surface area (Å²) in [4.78, 5) is 4.36. The Morgan fingerprint density at radius 3 is 2.64 bits per heavy atom. The van der Waals surface area contributed by atoms with E-state index in [1.807, 2.05) is 6.20 Å². The molecule has 0 atom stereocenters. The molecule has 0 aromatic carbocycles. The van der Waals surface area contributed by atoms with Crippen molar-refractivity contribution in [3.05, 3.63) is 23.9 Å². The molecule has 1 aromatic heterocycles. The Morgan fingerprint density at radius 2 is 2.14 bits per heavy atom. The van der Waals surface area contributed by atoms with Gasteiger partial charge in [-0.3, -0.25) is 0 Å². The maximum atomic E-state index is 4.36. The lowest BCUT2D eigenvalue weighted by Gasteiger charge is -2.08. The van der Waals surface area contributed by atoms with Crippen LogP contribution < -0.4 is 5.32 Å². The van der Waals surface area contributed by atoms with E-state index in [0.29, 0.717) is 5.92 Å². The van der Waals surface area contributed by atoms with E-state index in [1.165, 1.54) is 12.0 Å². The Balaban J connectivity index is 2.46. The van der Waals surface area contributed by atoms with Gasteiger partial charge in [-0.2, -0.15) is 0 Å². The predicted molar refractivity (Wildman–Crippen MR) is 61.6 cm³/mol. The molecule has 0 saturated heterocycles.